The van der Waals surface area contributed by atoms with Crippen molar-refractivity contribution in [3.63, 3.8) is 0 Å². The molecule has 1 fully saturated rings. The van der Waals surface area contributed by atoms with Crippen LogP contribution in [-0.2, 0) is 21.2 Å². The van der Waals surface area contributed by atoms with Crippen LogP contribution in [0, 0.1) is 0 Å². The maximum absolute atomic E-state index is 12.3. The number of rotatable bonds is 6. The smallest absolute Gasteiger partial charge is 0.227 e. The number of hydrogen-bond donors (Lipinski definition) is 0. The zero-order valence-corrected chi connectivity index (χ0v) is 14.9. The van der Waals surface area contributed by atoms with Crippen LogP contribution in [0.2, 0.25) is 5.02 Å². The van der Waals surface area contributed by atoms with Crippen molar-refractivity contribution in [2.45, 2.75) is 26.2 Å². The molecule has 0 spiro atoms. The molecule has 1 aromatic rings. The Morgan fingerprint density at radius 3 is 2.43 bits per heavy atom. The van der Waals surface area contributed by atoms with Crippen molar-refractivity contribution in [1.29, 1.82) is 0 Å². The number of unbranched alkanes of at least 4 members (excludes halogenated alkanes) is 1. The molecule has 1 amide bonds. The Morgan fingerprint density at radius 2 is 1.83 bits per heavy atom. The number of piperazine rings is 1. The summed E-state index contributed by atoms with van der Waals surface area (Å²) in [6.07, 6.45) is 1.78. The molecule has 1 aliphatic rings. The van der Waals surface area contributed by atoms with Gasteiger partial charge in [-0.1, -0.05) is 43.1 Å². The third-order valence-corrected chi connectivity index (χ3v) is 6.37. The van der Waals surface area contributed by atoms with Crippen molar-refractivity contribution in [1.82, 2.24) is 9.21 Å². The maximum Gasteiger partial charge on any atom is 0.227 e. The zero-order valence-electron chi connectivity index (χ0n) is 13.4. The van der Waals surface area contributed by atoms with Crippen molar-refractivity contribution in [3.05, 3.63) is 34.9 Å². The van der Waals surface area contributed by atoms with Gasteiger partial charge in [-0.05, 0) is 18.1 Å². The van der Waals surface area contributed by atoms with Crippen LogP contribution in [0.1, 0.15) is 25.3 Å². The van der Waals surface area contributed by atoms with Gasteiger partial charge in [-0.3, -0.25) is 4.79 Å². The highest BCUT2D eigenvalue weighted by molar-refractivity contribution is 7.89. The van der Waals surface area contributed by atoms with Crippen molar-refractivity contribution in [2.24, 2.45) is 0 Å². The molecule has 0 atom stereocenters. The van der Waals surface area contributed by atoms with E-state index in [0.29, 0.717) is 37.6 Å². The summed E-state index contributed by atoms with van der Waals surface area (Å²) in [6.45, 7) is 3.60. The minimum atomic E-state index is -3.19. The molecule has 0 saturated carbocycles. The third-order valence-electron chi connectivity index (χ3n) is 4.04. The fraction of sp³-hybridized carbons (Fsp3) is 0.562. The van der Waals surface area contributed by atoms with Crippen LogP contribution >= 0.6 is 11.6 Å². The predicted octanol–water partition coefficient (Wildman–Crippen LogP) is 2.16. The van der Waals surface area contributed by atoms with Crippen LogP contribution in [0.25, 0.3) is 0 Å². The van der Waals surface area contributed by atoms with Gasteiger partial charge in [0.2, 0.25) is 15.9 Å². The van der Waals surface area contributed by atoms with Crippen molar-refractivity contribution in [2.75, 3.05) is 31.9 Å². The second-order valence-electron chi connectivity index (χ2n) is 5.72. The fourth-order valence-corrected chi connectivity index (χ4v) is 4.42. The molecular formula is C16H23ClN2O3S. The molecule has 0 N–H and O–H groups in total. The first-order chi connectivity index (χ1) is 10.9. The largest absolute Gasteiger partial charge is 0.340 e. The molecule has 1 heterocycles. The van der Waals surface area contributed by atoms with E-state index in [1.807, 2.05) is 25.1 Å². The Kier molecular flexibility index (Phi) is 6.44. The fourth-order valence-electron chi connectivity index (χ4n) is 2.59. The molecule has 23 heavy (non-hydrogen) atoms. The average molecular weight is 359 g/mol. The second-order valence-corrected chi connectivity index (χ2v) is 8.21. The number of nitrogens with zero attached hydrogens (tertiary/aromatic N) is 2. The van der Waals surface area contributed by atoms with Gasteiger partial charge in [0.05, 0.1) is 12.2 Å². The first-order valence-corrected chi connectivity index (χ1v) is 9.91. The molecule has 1 saturated heterocycles. The molecule has 0 aliphatic carbocycles. The summed E-state index contributed by atoms with van der Waals surface area (Å²) in [6, 6.07) is 7.29. The normalized spacial score (nSPS) is 16.5. The van der Waals surface area contributed by atoms with E-state index in [9.17, 15) is 13.2 Å². The number of carbonyl (C=O) groups excluding carboxylic acids is 1. The Labute approximate surface area is 143 Å². The molecule has 128 valence electrons. The number of amides is 1. The van der Waals surface area contributed by atoms with Crippen LogP contribution in [0.4, 0.5) is 0 Å². The Hall–Kier alpha value is -1.11. The van der Waals surface area contributed by atoms with Gasteiger partial charge in [0, 0.05) is 31.2 Å². The molecular weight excluding hydrogens is 336 g/mol. The molecule has 0 aromatic heterocycles. The standard InChI is InChI=1S/C16H23ClN2O3S/c1-2-3-12-23(21,22)19-10-8-18(9-11-19)16(20)13-14-6-4-5-7-15(14)17/h4-7H,2-3,8-13H2,1H3. The molecule has 0 radical (unpaired) electrons. The van der Waals surface area contributed by atoms with E-state index in [1.165, 1.54) is 4.31 Å². The van der Waals surface area contributed by atoms with Crippen LogP contribution in [0.15, 0.2) is 24.3 Å². The molecule has 7 heteroatoms. The van der Waals surface area contributed by atoms with E-state index in [4.69, 9.17) is 11.6 Å². The Balaban J connectivity index is 1.89. The first kappa shape index (κ1) is 18.2. The molecule has 2 rings (SSSR count). The molecule has 1 aliphatic heterocycles. The van der Waals surface area contributed by atoms with Crippen molar-refractivity contribution < 1.29 is 13.2 Å². The lowest BCUT2D eigenvalue weighted by atomic mass is 10.1. The van der Waals surface area contributed by atoms with Crippen molar-refractivity contribution in [3.8, 4) is 0 Å². The predicted molar refractivity (Wildman–Crippen MR) is 92.0 cm³/mol. The lowest BCUT2D eigenvalue weighted by Crippen LogP contribution is -2.51. The number of hydrogen-bond acceptors (Lipinski definition) is 3. The highest BCUT2D eigenvalue weighted by Crippen LogP contribution is 2.17. The van der Waals surface area contributed by atoms with Gasteiger partial charge in [-0.15, -0.1) is 0 Å². The van der Waals surface area contributed by atoms with Crippen LogP contribution in [0.3, 0.4) is 0 Å². The van der Waals surface area contributed by atoms with Crippen LogP contribution < -0.4 is 0 Å². The zero-order chi connectivity index (χ0) is 16.9. The topological polar surface area (TPSA) is 57.7 Å². The quantitative estimate of drug-likeness (QED) is 0.783. The Bertz CT molecular complexity index is 640. The lowest BCUT2D eigenvalue weighted by Gasteiger charge is -2.34. The summed E-state index contributed by atoms with van der Waals surface area (Å²) in [5.74, 6) is 0.181. The summed E-state index contributed by atoms with van der Waals surface area (Å²) in [5, 5.41) is 0.585. The van der Waals surface area contributed by atoms with E-state index in [-0.39, 0.29) is 18.1 Å². The second kappa shape index (κ2) is 8.13. The van der Waals surface area contributed by atoms with Gasteiger partial charge in [0.1, 0.15) is 0 Å². The summed E-state index contributed by atoms with van der Waals surface area (Å²) in [4.78, 5) is 14.1. The van der Waals surface area contributed by atoms with Gasteiger partial charge in [0.15, 0.2) is 0 Å². The van der Waals surface area contributed by atoms with Gasteiger partial charge in [0.25, 0.3) is 0 Å². The van der Waals surface area contributed by atoms with Crippen molar-refractivity contribution >= 4 is 27.5 Å². The van der Waals surface area contributed by atoms with Gasteiger partial charge >= 0.3 is 0 Å². The average Bonchev–Trinajstić information content (AvgIpc) is 2.55. The Morgan fingerprint density at radius 1 is 1.17 bits per heavy atom. The number of benzene rings is 1. The van der Waals surface area contributed by atoms with E-state index in [2.05, 4.69) is 0 Å². The minimum Gasteiger partial charge on any atom is -0.340 e. The van der Waals surface area contributed by atoms with Gasteiger partial charge < -0.3 is 4.90 Å². The van der Waals surface area contributed by atoms with Gasteiger partial charge in [-0.2, -0.15) is 4.31 Å². The third kappa shape index (κ3) is 4.93. The SMILES string of the molecule is CCCCS(=O)(=O)N1CCN(C(=O)Cc2ccccc2Cl)CC1. The summed E-state index contributed by atoms with van der Waals surface area (Å²) >= 11 is 6.08. The molecule has 0 bridgehead atoms. The monoisotopic (exact) mass is 358 g/mol. The molecule has 5 nitrogen and oxygen atoms in total. The van der Waals surface area contributed by atoms with E-state index < -0.39 is 10.0 Å². The lowest BCUT2D eigenvalue weighted by molar-refractivity contribution is -0.131. The van der Waals surface area contributed by atoms with Gasteiger partial charge in [-0.25, -0.2) is 8.42 Å². The van der Waals surface area contributed by atoms with Crippen LogP contribution in [0.5, 0.6) is 0 Å². The van der Waals surface area contributed by atoms with E-state index in [0.717, 1.165) is 12.0 Å². The number of halogens is 1. The number of carbonyl (C=O) groups is 1. The maximum atomic E-state index is 12.3. The summed E-state index contributed by atoms with van der Waals surface area (Å²) < 4.78 is 25.8. The molecule has 0 unspecified atom stereocenters. The summed E-state index contributed by atoms with van der Waals surface area (Å²) in [5.41, 5.74) is 0.803. The minimum absolute atomic E-state index is 0.0105. The first-order valence-electron chi connectivity index (χ1n) is 7.93. The summed E-state index contributed by atoms with van der Waals surface area (Å²) in [7, 11) is -3.19. The van der Waals surface area contributed by atoms with Crippen LogP contribution in [-0.4, -0.2) is 55.5 Å². The van der Waals surface area contributed by atoms with E-state index in [1.54, 1.807) is 11.0 Å². The highest BCUT2D eigenvalue weighted by atomic mass is 35.5. The van der Waals surface area contributed by atoms with E-state index >= 15 is 0 Å². The number of sulfonamides is 1. The molecule has 1 aromatic carbocycles. The highest BCUT2D eigenvalue weighted by Gasteiger charge is 2.28.